The standard InChI is InChI=1S/C20H28N4O3.CH2O2/c1-14-11-17(22-15(2)21-14)18(25)24-9-5-20(6-10-24)12-16(27-19(20)26)13-23-7-3-4-8-23;2-1-3/h11,16H,3-10,12-13H2,1-2H3;1H,(H,2,3). The number of hydrogen-bond acceptors (Lipinski definition) is 7. The van der Waals surface area contributed by atoms with Gasteiger partial charge in [0.05, 0.1) is 5.41 Å². The molecule has 1 aromatic heterocycles. The Morgan fingerprint density at radius 3 is 2.47 bits per heavy atom. The van der Waals surface area contributed by atoms with E-state index < -0.39 is 5.41 Å². The summed E-state index contributed by atoms with van der Waals surface area (Å²) in [6, 6.07) is 1.73. The molecule has 1 unspecified atom stereocenters. The van der Waals surface area contributed by atoms with E-state index in [1.807, 2.05) is 11.8 Å². The van der Waals surface area contributed by atoms with Gasteiger partial charge in [-0.15, -0.1) is 0 Å². The molecule has 4 heterocycles. The first-order valence-corrected chi connectivity index (χ1v) is 10.5. The van der Waals surface area contributed by atoms with Crippen LogP contribution in [-0.4, -0.2) is 82.1 Å². The molecule has 1 spiro atoms. The van der Waals surface area contributed by atoms with Crippen LogP contribution in [0.5, 0.6) is 0 Å². The van der Waals surface area contributed by atoms with E-state index in [0.717, 1.165) is 31.7 Å². The second-order valence-electron chi connectivity index (χ2n) is 8.36. The molecule has 4 rings (SSSR count). The van der Waals surface area contributed by atoms with Crippen molar-refractivity contribution in [2.45, 2.75) is 52.1 Å². The molecular weight excluding hydrogens is 388 g/mol. The lowest BCUT2D eigenvalue weighted by Gasteiger charge is -2.36. The van der Waals surface area contributed by atoms with Crippen molar-refractivity contribution in [3.63, 3.8) is 0 Å². The van der Waals surface area contributed by atoms with Crippen LogP contribution in [0.4, 0.5) is 0 Å². The Morgan fingerprint density at radius 1 is 1.23 bits per heavy atom. The monoisotopic (exact) mass is 418 g/mol. The summed E-state index contributed by atoms with van der Waals surface area (Å²) in [4.78, 5) is 46.5. The van der Waals surface area contributed by atoms with Gasteiger partial charge in [-0.05, 0) is 58.7 Å². The van der Waals surface area contributed by atoms with Crippen molar-refractivity contribution < 1.29 is 24.2 Å². The average molecular weight is 418 g/mol. The summed E-state index contributed by atoms with van der Waals surface area (Å²) in [7, 11) is 0. The van der Waals surface area contributed by atoms with Gasteiger partial charge in [0, 0.05) is 31.7 Å². The van der Waals surface area contributed by atoms with Crippen LogP contribution in [0.2, 0.25) is 0 Å². The van der Waals surface area contributed by atoms with Gasteiger partial charge in [0.2, 0.25) is 0 Å². The maximum absolute atomic E-state index is 12.8. The molecule has 9 heteroatoms. The van der Waals surface area contributed by atoms with Crippen LogP contribution in [0, 0.1) is 19.3 Å². The van der Waals surface area contributed by atoms with E-state index in [-0.39, 0.29) is 24.5 Å². The summed E-state index contributed by atoms with van der Waals surface area (Å²) in [6.45, 7) is 7.65. The maximum Gasteiger partial charge on any atom is 0.312 e. The van der Waals surface area contributed by atoms with E-state index in [1.54, 1.807) is 13.0 Å². The molecule has 0 saturated carbocycles. The second kappa shape index (κ2) is 9.51. The highest BCUT2D eigenvalue weighted by molar-refractivity contribution is 5.92. The van der Waals surface area contributed by atoms with Crippen LogP contribution in [0.3, 0.4) is 0 Å². The summed E-state index contributed by atoms with van der Waals surface area (Å²) in [5, 5.41) is 6.89. The van der Waals surface area contributed by atoms with Gasteiger partial charge in [-0.2, -0.15) is 0 Å². The molecular formula is C21H30N4O5. The molecule has 164 valence electrons. The smallest absolute Gasteiger partial charge is 0.312 e. The number of likely N-dealkylation sites (tertiary alicyclic amines) is 2. The van der Waals surface area contributed by atoms with E-state index in [9.17, 15) is 9.59 Å². The lowest BCUT2D eigenvalue weighted by atomic mass is 9.76. The number of aryl methyl sites for hydroxylation is 2. The Hall–Kier alpha value is -2.55. The highest BCUT2D eigenvalue weighted by Gasteiger charge is 2.51. The number of hydrogen-bond donors (Lipinski definition) is 1. The number of carboxylic acid groups (broad SMARTS) is 1. The molecule has 0 bridgehead atoms. The molecule has 1 aromatic rings. The molecule has 3 aliphatic rings. The van der Waals surface area contributed by atoms with Crippen LogP contribution < -0.4 is 0 Å². The third-order valence-corrected chi connectivity index (χ3v) is 6.18. The number of ether oxygens (including phenoxy) is 1. The lowest BCUT2D eigenvalue weighted by Crippen LogP contribution is -2.45. The predicted molar refractivity (Wildman–Crippen MR) is 108 cm³/mol. The number of carbonyl (C=O) groups excluding carboxylic acids is 2. The van der Waals surface area contributed by atoms with Gasteiger partial charge in [0.25, 0.3) is 12.4 Å². The highest BCUT2D eigenvalue weighted by Crippen LogP contribution is 2.43. The minimum Gasteiger partial charge on any atom is -0.483 e. The van der Waals surface area contributed by atoms with Crippen molar-refractivity contribution in [2.24, 2.45) is 5.41 Å². The van der Waals surface area contributed by atoms with Crippen LogP contribution in [0.25, 0.3) is 0 Å². The Labute approximate surface area is 176 Å². The topological polar surface area (TPSA) is 113 Å². The molecule has 0 radical (unpaired) electrons. The van der Waals surface area contributed by atoms with Crippen molar-refractivity contribution in [1.82, 2.24) is 19.8 Å². The Kier molecular flexibility index (Phi) is 7.02. The summed E-state index contributed by atoms with van der Waals surface area (Å²) in [5.74, 6) is 0.474. The lowest BCUT2D eigenvalue weighted by molar-refractivity contribution is -0.151. The van der Waals surface area contributed by atoms with E-state index in [0.29, 0.717) is 37.4 Å². The largest absolute Gasteiger partial charge is 0.483 e. The molecule has 3 fully saturated rings. The van der Waals surface area contributed by atoms with E-state index in [2.05, 4.69) is 14.9 Å². The van der Waals surface area contributed by atoms with Gasteiger partial charge in [0.1, 0.15) is 17.6 Å². The molecule has 9 nitrogen and oxygen atoms in total. The number of rotatable bonds is 3. The number of esters is 1. The third kappa shape index (κ3) is 4.95. The first-order valence-electron chi connectivity index (χ1n) is 10.5. The summed E-state index contributed by atoms with van der Waals surface area (Å²) in [5.41, 5.74) is 0.832. The van der Waals surface area contributed by atoms with Gasteiger partial charge in [-0.1, -0.05) is 0 Å². The first kappa shape index (κ1) is 22.1. The molecule has 30 heavy (non-hydrogen) atoms. The van der Waals surface area contributed by atoms with Gasteiger partial charge < -0.3 is 14.7 Å². The molecule has 1 N–H and O–H groups in total. The average Bonchev–Trinajstić information content (AvgIpc) is 3.30. The number of piperidine rings is 1. The summed E-state index contributed by atoms with van der Waals surface area (Å²) >= 11 is 0. The van der Waals surface area contributed by atoms with Crippen LogP contribution in [-0.2, 0) is 14.3 Å². The van der Waals surface area contributed by atoms with E-state index in [4.69, 9.17) is 14.6 Å². The number of nitrogens with zero attached hydrogens (tertiary/aromatic N) is 4. The zero-order chi connectivity index (χ0) is 21.7. The van der Waals surface area contributed by atoms with Crippen LogP contribution in [0.1, 0.15) is 54.1 Å². The SMILES string of the molecule is Cc1cc(C(=O)N2CCC3(CC2)CC(CN2CCCC2)OC3=O)nc(C)n1.O=CO. The number of amides is 1. The fourth-order valence-corrected chi connectivity index (χ4v) is 4.73. The van der Waals surface area contributed by atoms with Crippen LogP contribution >= 0.6 is 0 Å². The third-order valence-electron chi connectivity index (χ3n) is 6.18. The first-order chi connectivity index (χ1) is 14.4. The van der Waals surface area contributed by atoms with Crippen molar-refractivity contribution in [3.05, 3.63) is 23.3 Å². The second-order valence-corrected chi connectivity index (χ2v) is 8.36. The van der Waals surface area contributed by atoms with Crippen molar-refractivity contribution in [1.29, 1.82) is 0 Å². The minimum atomic E-state index is -0.404. The Bertz CT molecular complexity index is 765. The van der Waals surface area contributed by atoms with Gasteiger partial charge >= 0.3 is 5.97 Å². The quantitative estimate of drug-likeness (QED) is 0.579. The number of carbonyl (C=O) groups is 3. The normalized spacial score (nSPS) is 23.1. The maximum atomic E-state index is 12.8. The van der Waals surface area contributed by atoms with E-state index >= 15 is 0 Å². The van der Waals surface area contributed by atoms with Gasteiger partial charge in [-0.25, -0.2) is 9.97 Å². The molecule has 1 amide bonds. The Balaban J connectivity index is 0.000000806. The van der Waals surface area contributed by atoms with Crippen LogP contribution in [0.15, 0.2) is 6.07 Å². The summed E-state index contributed by atoms with van der Waals surface area (Å²) in [6.07, 6.45) is 4.63. The van der Waals surface area contributed by atoms with Gasteiger partial charge in [0.15, 0.2) is 0 Å². The highest BCUT2D eigenvalue weighted by atomic mass is 16.6. The zero-order valence-electron chi connectivity index (χ0n) is 17.7. The van der Waals surface area contributed by atoms with Crippen molar-refractivity contribution in [2.75, 3.05) is 32.7 Å². The fourth-order valence-electron chi connectivity index (χ4n) is 4.73. The fraction of sp³-hybridized carbons (Fsp3) is 0.667. The van der Waals surface area contributed by atoms with Crippen molar-refractivity contribution in [3.8, 4) is 0 Å². The molecule has 3 aliphatic heterocycles. The van der Waals surface area contributed by atoms with Crippen molar-refractivity contribution >= 4 is 18.3 Å². The molecule has 1 atom stereocenters. The molecule has 0 aliphatic carbocycles. The molecule has 0 aromatic carbocycles. The summed E-state index contributed by atoms with van der Waals surface area (Å²) < 4.78 is 5.72. The Morgan fingerprint density at radius 2 is 1.87 bits per heavy atom. The minimum absolute atomic E-state index is 0.00464. The predicted octanol–water partition coefficient (Wildman–Crippen LogP) is 1.43. The van der Waals surface area contributed by atoms with Gasteiger partial charge in [-0.3, -0.25) is 19.3 Å². The number of cyclic esters (lactones) is 1. The zero-order valence-corrected chi connectivity index (χ0v) is 17.7. The number of aromatic nitrogens is 2. The van der Waals surface area contributed by atoms with E-state index in [1.165, 1.54) is 12.8 Å². The molecule has 3 saturated heterocycles.